The molecule has 0 aliphatic carbocycles. The Labute approximate surface area is 206 Å². The summed E-state index contributed by atoms with van der Waals surface area (Å²) in [5.41, 5.74) is 11.1. The number of likely N-dealkylation sites (tertiary alicyclic amines) is 1. The SMILES string of the molecule is CCCCOc1nc(N)c2c(n1)N(Cc1ccc(-c3cccc(CN4CCCC4)c3)cn1)C(=O)C2. The number of benzene rings is 1. The van der Waals surface area contributed by atoms with E-state index < -0.39 is 0 Å². The molecular formula is C27H32N6O2. The molecule has 0 radical (unpaired) electrons. The van der Waals surface area contributed by atoms with Gasteiger partial charge in [-0.1, -0.05) is 37.6 Å². The van der Waals surface area contributed by atoms with Crippen molar-refractivity contribution in [3.05, 3.63) is 59.4 Å². The van der Waals surface area contributed by atoms with Gasteiger partial charge in [0.05, 0.1) is 25.3 Å². The average Bonchev–Trinajstić information content (AvgIpc) is 3.48. The van der Waals surface area contributed by atoms with E-state index in [4.69, 9.17) is 10.5 Å². The van der Waals surface area contributed by atoms with Gasteiger partial charge in [-0.15, -0.1) is 0 Å². The number of hydrogen-bond donors (Lipinski definition) is 1. The molecule has 3 aromatic rings. The predicted molar refractivity (Wildman–Crippen MR) is 136 cm³/mol. The topological polar surface area (TPSA) is 97.5 Å². The Morgan fingerprint density at radius 2 is 1.91 bits per heavy atom. The monoisotopic (exact) mass is 472 g/mol. The lowest BCUT2D eigenvalue weighted by molar-refractivity contribution is -0.117. The lowest BCUT2D eigenvalue weighted by Crippen LogP contribution is -2.27. The van der Waals surface area contributed by atoms with Crippen molar-refractivity contribution in [2.75, 3.05) is 30.3 Å². The maximum absolute atomic E-state index is 12.8. The van der Waals surface area contributed by atoms with Crippen molar-refractivity contribution in [2.45, 2.75) is 52.1 Å². The number of fused-ring (bicyclic) bond motifs is 1. The van der Waals surface area contributed by atoms with E-state index in [0.29, 0.717) is 30.4 Å². The number of unbranched alkanes of at least 4 members (excludes halogenated alkanes) is 1. The Morgan fingerprint density at radius 3 is 2.69 bits per heavy atom. The van der Waals surface area contributed by atoms with Crippen LogP contribution in [0.25, 0.3) is 11.1 Å². The van der Waals surface area contributed by atoms with Gasteiger partial charge < -0.3 is 10.5 Å². The molecule has 8 heteroatoms. The Hall–Kier alpha value is -3.52. The Balaban J connectivity index is 1.30. The first-order valence-electron chi connectivity index (χ1n) is 12.5. The zero-order valence-electron chi connectivity index (χ0n) is 20.2. The van der Waals surface area contributed by atoms with Crippen LogP contribution in [-0.2, 0) is 24.3 Å². The van der Waals surface area contributed by atoms with Crippen molar-refractivity contribution in [1.29, 1.82) is 0 Å². The number of rotatable bonds is 9. The van der Waals surface area contributed by atoms with Crippen LogP contribution in [0.1, 0.15) is 49.4 Å². The van der Waals surface area contributed by atoms with Gasteiger partial charge in [-0.25, -0.2) is 0 Å². The van der Waals surface area contributed by atoms with E-state index in [1.807, 2.05) is 12.3 Å². The number of nitrogens with zero attached hydrogens (tertiary/aromatic N) is 5. The third-order valence-electron chi connectivity index (χ3n) is 6.62. The van der Waals surface area contributed by atoms with E-state index in [-0.39, 0.29) is 18.3 Å². The van der Waals surface area contributed by atoms with Crippen molar-refractivity contribution in [1.82, 2.24) is 19.9 Å². The lowest BCUT2D eigenvalue weighted by Gasteiger charge is -2.17. The van der Waals surface area contributed by atoms with Gasteiger partial charge in [0.1, 0.15) is 11.6 Å². The largest absolute Gasteiger partial charge is 0.463 e. The number of ether oxygens (including phenoxy) is 1. The van der Waals surface area contributed by atoms with E-state index in [9.17, 15) is 4.79 Å². The van der Waals surface area contributed by atoms with E-state index in [0.717, 1.165) is 36.2 Å². The van der Waals surface area contributed by atoms with Gasteiger partial charge in [0.25, 0.3) is 0 Å². The molecule has 2 N–H and O–H groups in total. The van der Waals surface area contributed by atoms with Crippen molar-refractivity contribution >= 4 is 17.5 Å². The molecule has 0 bridgehead atoms. The number of carbonyl (C=O) groups excluding carboxylic acids is 1. The van der Waals surface area contributed by atoms with Gasteiger partial charge in [-0.05, 0) is 55.6 Å². The van der Waals surface area contributed by atoms with Crippen LogP contribution < -0.4 is 15.4 Å². The molecule has 0 atom stereocenters. The second kappa shape index (κ2) is 10.4. The van der Waals surface area contributed by atoms with Crippen LogP contribution in [0.3, 0.4) is 0 Å². The molecule has 1 saturated heterocycles. The maximum atomic E-state index is 12.8. The number of carbonyl (C=O) groups is 1. The highest BCUT2D eigenvalue weighted by atomic mass is 16.5. The van der Waals surface area contributed by atoms with Crippen LogP contribution >= 0.6 is 0 Å². The van der Waals surface area contributed by atoms with Gasteiger partial charge in [-0.3, -0.25) is 19.6 Å². The molecule has 1 fully saturated rings. The van der Waals surface area contributed by atoms with Gasteiger partial charge >= 0.3 is 6.01 Å². The molecule has 0 spiro atoms. The minimum absolute atomic E-state index is 0.0628. The third-order valence-corrected chi connectivity index (χ3v) is 6.62. The summed E-state index contributed by atoms with van der Waals surface area (Å²) in [4.78, 5) is 30.3. The maximum Gasteiger partial charge on any atom is 0.320 e. The van der Waals surface area contributed by atoms with Gasteiger partial charge in [0.15, 0.2) is 0 Å². The molecule has 35 heavy (non-hydrogen) atoms. The highest BCUT2D eigenvalue weighted by Crippen LogP contribution is 2.33. The number of hydrogen-bond acceptors (Lipinski definition) is 7. The fourth-order valence-corrected chi connectivity index (χ4v) is 4.66. The number of amides is 1. The average molecular weight is 473 g/mol. The first kappa shape index (κ1) is 23.2. The Kier molecular flexibility index (Phi) is 6.90. The second-order valence-corrected chi connectivity index (χ2v) is 9.27. The smallest absolute Gasteiger partial charge is 0.320 e. The number of pyridine rings is 1. The zero-order chi connectivity index (χ0) is 24.2. The second-order valence-electron chi connectivity index (χ2n) is 9.27. The van der Waals surface area contributed by atoms with Gasteiger partial charge in [-0.2, -0.15) is 9.97 Å². The minimum Gasteiger partial charge on any atom is -0.463 e. The van der Waals surface area contributed by atoms with E-state index in [1.165, 1.54) is 31.5 Å². The summed E-state index contributed by atoms with van der Waals surface area (Å²) in [6.45, 7) is 6.29. The summed E-state index contributed by atoms with van der Waals surface area (Å²) in [6, 6.07) is 12.9. The van der Waals surface area contributed by atoms with E-state index in [1.54, 1.807) is 4.90 Å². The molecule has 2 aliphatic heterocycles. The van der Waals surface area contributed by atoms with Crippen LogP contribution in [-0.4, -0.2) is 45.5 Å². The minimum atomic E-state index is -0.0628. The normalized spacial score (nSPS) is 15.6. The number of nitrogens with two attached hydrogens (primary N) is 1. The Bertz CT molecular complexity index is 1190. The van der Waals surface area contributed by atoms with Crippen molar-refractivity contribution in [2.24, 2.45) is 0 Å². The molecule has 4 heterocycles. The molecule has 182 valence electrons. The van der Waals surface area contributed by atoms with Crippen molar-refractivity contribution in [3.63, 3.8) is 0 Å². The fraction of sp³-hybridized carbons (Fsp3) is 0.407. The molecule has 8 nitrogen and oxygen atoms in total. The van der Waals surface area contributed by atoms with Crippen molar-refractivity contribution in [3.8, 4) is 17.1 Å². The van der Waals surface area contributed by atoms with Gasteiger partial charge in [0.2, 0.25) is 5.91 Å². The molecule has 0 unspecified atom stereocenters. The highest BCUT2D eigenvalue weighted by Gasteiger charge is 2.32. The third kappa shape index (κ3) is 5.27. The van der Waals surface area contributed by atoms with Crippen LogP contribution in [0, 0.1) is 0 Å². The van der Waals surface area contributed by atoms with Crippen LogP contribution in [0.4, 0.5) is 11.6 Å². The predicted octanol–water partition coefficient (Wildman–Crippen LogP) is 3.98. The fourth-order valence-electron chi connectivity index (χ4n) is 4.66. The van der Waals surface area contributed by atoms with Crippen LogP contribution in [0.5, 0.6) is 6.01 Å². The summed E-state index contributed by atoms with van der Waals surface area (Å²) in [7, 11) is 0. The molecule has 0 saturated carbocycles. The van der Waals surface area contributed by atoms with Crippen LogP contribution in [0.2, 0.25) is 0 Å². The summed E-state index contributed by atoms with van der Waals surface area (Å²) in [5.74, 6) is 0.760. The van der Waals surface area contributed by atoms with Crippen LogP contribution in [0.15, 0.2) is 42.6 Å². The highest BCUT2D eigenvalue weighted by molar-refractivity contribution is 6.01. The number of anilines is 2. The summed E-state index contributed by atoms with van der Waals surface area (Å²) in [6.07, 6.45) is 6.56. The molecule has 2 aliphatic rings. The van der Waals surface area contributed by atoms with E-state index >= 15 is 0 Å². The molecule has 5 rings (SSSR count). The number of aromatic nitrogens is 3. The number of nitrogen functional groups attached to an aromatic ring is 1. The summed E-state index contributed by atoms with van der Waals surface area (Å²) in [5, 5.41) is 0. The molecule has 1 amide bonds. The van der Waals surface area contributed by atoms with Gasteiger partial charge in [0, 0.05) is 23.9 Å². The summed E-state index contributed by atoms with van der Waals surface area (Å²) < 4.78 is 5.64. The summed E-state index contributed by atoms with van der Waals surface area (Å²) >= 11 is 0. The first-order chi connectivity index (χ1) is 17.1. The van der Waals surface area contributed by atoms with E-state index in [2.05, 4.69) is 57.1 Å². The van der Waals surface area contributed by atoms with Crippen molar-refractivity contribution < 1.29 is 9.53 Å². The standard InChI is InChI=1S/C27H32N6O2/c1-2-3-13-35-27-30-25(28)23-15-24(34)33(26(23)31-27)18-22-10-9-21(16-29-22)20-8-6-7-19(14-20)17-32-11-4-5-12-32/h6-10,14,16H,2-5,11-13,15,17-18H2,1H3,(H2,28,30,31). The molecule has 1 aromatic carbocycles. The quantitative estimate of drug-likeness (QED) is 0.470. The molecular weight excluding hydrogens is 440 g/mol. The molecule has 2 aromatic heterocycles. The Morgan fingerprint density at radius 1 is 1.06 bits per heavy atom. The lowest BCUT2D eigenvalue weighted by atomic mass is 10.0. The first-order valence-corrected chi connectivity index (χ1v) is 12.5. The zero-order valence-corrected chi connectivity index (χ0v) is 20.2.